The topological polar surface area (TPSA) is 85.3 Å². The molecule has 158 valence electrons. The van der Waals surface area contributed by atoms with Crippen LogP contribution in [0.4, 0.5) is 0 Å². The summed E-state index contributed by atoms with van der Waals surface area (Å²) in [5.74, 6) is 2.16. The number of fused-ring (bicyclic) bond motifs is 1. The van der Waals surface area contributed by atoms with Crippen LogP contribution in [-0.2, 0) is 24.2 Å². The van der Waals surface area contributed by atoms with Gasteiger partial charge in [0, 0.05) is 55.3 Å². The number of amides is 1. The number of ether oxygens (including phenoxy) is 2. The third kappa shape index (κ3) is 3.77. The maximum Gasteiger partial charge on any atom is 0.227 e. The lowest BCUT2D eigenvalue weighted by Crippen LogP contribution is -2.37. The third-order valence-corrected chi connectivity index (χ3v) is 5.42. The van der Waals surface area contributed by atoms with Gasteiger partial charge < -0.3 is 19.4 Å². The third-order valence-electron chi connectivity index (χ3n) is 5.42. The summed E-state index contributed by atoms with van der Waals surface area (Å²) in [4.78, 5) is 22.5. The van der Waals surface area contributed by atoms with Crippen molar-refractivity contribution in [2.24, 2.45) is 0 Å². The average Bonchev–Trinajstić information content (AvgIpc) is 3.40. The van der Waals surface area contributed by atoms with Gasteiger partial charge in [-0.25, -0.2) is 4.98 Å². The van der Waals surface area contributed by atoms with Gasteiger partial charge in [-0.3, -0.25) is 9.48 Å². The Morgan fingerprint density at radius 2 is 1.93 bits per heavy atom. The van der Waals surface area contributed by atoms with Crippen molar-refractivity contribution in [3.05, 3.63) is 47.4 Å². The maximum atomic E-state index is 13.1. The van der Waals surface area contributed by atoms with Crippen LogP contribution in [0.2, 0.25) is 0 Å². The van der Waals surface area contributed by atoms with Crippen molar-refractivity contribution in [1.82, 2.24) is 24.6 Å². The van der Waals surface area contributed by atoms with E-state index in [1.165, 1.54) is 5.69 Å². The number of imidazole rings is 1. The average molecular weight is 409 g/mol. The molecule has 1 N–H and O–H groups in total. The fraction of sp³-hybridized carbons (Fsp3) is 0.409. The van der Waals surface area contributed by atoms with Crippen molar-refractivity contribution in [1.29, 1.82) is 0 Å². The molecule has 3 aromatic rings. The first kappa shape index (κ1) is 20.0. The maximum absolute atomic E-state index is 13.1. The quantitative estimate of drug-likeness (QED) is 0.676. The molecule has 0 spiro atoms. The molecule has 1 aliphatic heterocycles. The van der Waals surface area contributed by atoms with E-state index in [1.807, 2.05) is 17.0 Å². The van der Waals surface area contributed by atoms with Gasteiger partial charge in [-0.15, -0.1) is 0 Å². The fourth-order valence-electron chi connectivity index (χ4n) is 3.93. The van der Waals surface area contributed by atoms with Crippen LogP contribution in [0, 0.1) is 0 Å². The van der Waals surface area contributed by atoms with Crippen LogP contribution in [0.5, 0.6) is 11.5 Å². The second kappa shape index (κ2) is 8.22. The summed E-state index contributed by atoms with van der Waals surface area (Å²) in [6.07, 6.45) is 4.57. The van der Waals surface area contributed by atoms with Gasteiger partial charge in [0.05, 0.1) is 20.6 Å². The van der Waals surface area contributed by atoms with Crippen molar-refractivity contribution < 1.29 is 14.3 Å². The van der Waals surface area contributed by atoms with Gasteiger partial charge in [0.15, 0.2) is 5.82 Å². The van der Waals surface area contributed by atoms with E-state index in [2.05, 4.69) is 28.5 Å². The number of hydrogen-bond donors (Lipinski definition) is 1. The van der Waals surface area contributed by atoms with E-state index in [0.717, 1.165) is 29.1 Å². The molecule has 0 fully saturated rings. The van der Waals surface area contributed by atoms with Gasteiger partial charge in [0.25, 0.3) is 0 Å². The van der Waals surface area contributed by atoms with Crippen molar-refractivity contribution in [3.63, 3.8) is 0 Å². The summed E-state index contributed by atoms with van der Waals surface area (Å²) in [5.41, 5.74) is 3.94. The highest BCUT2D eigenvalue weighted by molar-refractivity contribution is 5.79. The number of aromatic amines is 1. The molecule has 1 aliphatic rings. The van der Waals surface area contributed by atoms with Crippen LogP contribution in [0.25, 0.3) is 11.5 Å². The Morgan fingerprint density at radius 3 is 2.53 bits per heavy atom. The number of hydrogen-bond acceptors (Lipinski definition) is 5. The SMILES string of the molecule is COc1cc(CC(=O)N2CCc3c(c(-c4ncc[nH]4)nn3C(C)C)C2)cc(OC)c1. The smallest absolute Gasteiger partial charge is 0.227 e. The molecule has 1 amide bonds. The molecule has 2 aromatic heterocycles. The lowest BCUT2D eigenvalue weighted by Gasteiger charge is -2.28. The highest BCUT2D eigenvalue weighted by Gasteiger charge is 2.29. The Kier molecular flexibility index (Phi) is 5.48. The zero-order valence-electron chi connectivity index (χ0n) is 17.8. The lowest BCUT2D eigenvalue weighted by atomic mass is 10.0. The number of carbonyl (C=O) groups excluding carboxylic acids is 1. The minimum Gasteiger partial charge on any atom is -0.497 e. The van der Waals surface area contributed by atoms with Crippen LogP contribution in [-0.4, -0.2) is 51.3 Å². The number of aromatic nitrogens is 4. The summed E-state index contributed by atoms with van der Waals surface area (Å²) < 4.78 is 12.7. The molecular formula is C22H27N5O3. The van der Waals surface area contributed by atoms with E-state index in [0.29, 0.717) is 24.6 Å². The van der Waals surface area contributed by atoms with Crippen molar-refractivity contribution >= 4 is 5.91 Å². The Bertz CT molecular complexity index is 1020. The first-order valence-electron chi connectivity index (χ1n) is 10.1. The number of rotatable bonds is 6. The number of nitrogens with one attached hydrogen (secondary N) is 1. The van der Waals surface area contributed by atoms with Gasteiger partial charge in [-0.1, -0.05) is 0 Å². The highest BCUT2D eigenvalue weighted by atomic mass is 16.5. The molecule has 0 aliphatic carbocycles. The van der Waals surface area contributed by atoms with Crippen LogP contribution in [0.15, 0.2) is 30.6 Å². The molecule has 30 heavy (non-hydrogen) atoms. The second-order valence-electron chi connectivity index (χ2n) is 7.71. The van der Waals surface area contributed by atoms with Gasteiger partial charge >= 0.3 is 0 Å². The van der Waals surface area contributed by atoms with Crippen molar-refractivity contribution in [2.45, 2.75) is 39.3 Å². The molecule has 0 radical (unpaired) electrons. The number of methoxy groups -OCH3 is 2. The number of H-pyrrole nitrogens is 1. The van der Waals surface area contributed by atoms with E-state index < -0.39 is 0 Å². The van der Waals surface area contributed by atoms with Gasteiger partial charge in [-0.05, 0) is 31.5 Å². The van der Waals surface area contributed by atoms with E-state index in [4.69, 9.17) is 14.6 Å². The molecule has 0 saturated carbocycles. The van der Waals surface area contributed by atoms with Crippen molar-refractivity contribution in [3.8, 4) is 23.0 Å². The number of carbonyl (C=O) groups is 1. The predicted molar refractivity (Wildman–Crippen MR) is 113 cm³/mol. The summed E-state index contributed by atoms with van der Waals surface area (Å²) in [7, 11) is 3.21. The molecule has 3 heterocycles. The first-order valence-corrected chi connectivity index (χ1v) is 10.1. The van der Waals surface area contributed by atoms with E-state index in [-0.39, 0.29) is 18.4 Å². The predicted octanol–water partition coefficient (Wildman–Crippen LogP) is 3.00. The summed E-state index contributed by atoms with van der Waals surface area (Å²) in [6.45, 7) is 5.43. The summed E-state index contributed by atoms with van der Waals surface area (Å²) in [5, 5.41) is 4.81. The van der Waals surface area contributed by atoms with Crippen LogP contribution in [0.1, 0.15) is 36.7 Å². The Morgan fingerprint density at radius 1 is 1.20 bits per heavy atom. The lowest BCUT2D eigenvalue weighted by molar-refractivity contribution is -0.131. The fourth-order valence-corrected chi connectivity index (χ4v) is 3.93. The minimum atomic E-state index is 0.0682. The molecule has 1 aromatic carbocycles. The molecule has 8 heteroatoms. The van der Waals surface area contributed by atoms with Gasteiger partial charge in [-0.2, -0.15) is 5.10 Å². The van der Waals surface area contributed by atoms with Gasteiger partial charge in [0.2, 0.25) is 5.91 Å². The van der Waals surface area contributed by atoms with Crippen LogP contribution >= 0.6 is 0 Å². The van der Waals surface area contributed by atoms with E-state index in [1.54, 1.807) is 32.7 Å². The molecule has 4 rings (SSSR count). The molecule has 8 nitrogen and oxygen atoms in total. The Hall–Kier alpha value is -3.29. The minimum absolute atomic E-state index is 0.0682. The monoisotopic (exact) mass is 409 g/mol. The molecule has 0 saturated heterocycles. The zero-order chi connectivity index (χ0) is 21.3. The van der Waals surface area contributed by atoms with Crippen LogP contribution in [0.3, 0.4) is 0 Å². The zero-order valence-corrected chi connectivity index (χ0v) is 17.8. The standard InChI is InChI=1S/C22H27N5O3/c1-14(2)27-19-5-8-26(13-18(19)21(25-27)22-23-6-7-24-22)20(28)11-15-9-16(29-3)12-17(10-15)30-4/h6-7,9-10,12,14H,5,8,11,13H2,1-4H3,(H,23,24). The Balaban J connectivity index is 1.59. The van der Waals surface area contributed by atoms with Crippen molar-refractivity contribution in [2.75, 3.05) is 20.8 Å². The Labute approximate surface area is 175 Å². The normalized spacial score (nSPS) is 13.4. The first-order chi connectivity index (χ1) is 14.5. The number of benzene rings is 1. The van der Waals surface area contributed by atoms with Crippen LogP contribution < -0.4 is 9.47 Å². The molecule has 0 atom stereocenters. The van der Waals surface area contributed by atoms with Gasteiger partial charge in [0.1, 0.15) is 17.2 Å². The van der Waals surface area contributed by atoms with E-state index in [9.17, 15) is 4.79 Å². The second-order valence-corrected chi connectivity index (χ2v) is 7.71. The summed E-state index contributed by atoms with van der Waals surface area (Å²) in [6, 6.07) is 5.80. The molecular weight excluding hydrogens is 382 g/mol. The van der Waals surface area contributed by atoms with E-state index >= 15 is 0 Å². The molecule has 0 unspecified atom stereocenters. The number of nitrogens with zero attached hydrogens (tertiary/aromatic N) is 4. The largest absolute Gasteiger partial charge is 0.497 e. The summed E-state index contributed by atoms with van der Waals surface area (Å²) >= 11 is 0. The highest BCUT2D eigenvalue weighted by Crippen LogP contribution is 2.31. The molecule has 0 bridgehead atoms.